The fraction of sp³-hybridized carbons (Fsp3) is 0.524. The highest BCUT2D eigenvalue weighted by Gasteiger charge is 2.15. The maximum absolute atomic E-state index is 6.11. The van der Waals surface area contributed by atoms with Crippen molar-refractivity contribution in [2.75, 3.05) is 7.05 Å². The number of aryl methyl sites for hydroxylation is 1. The van der Waals surface area contributed by atoms with Gasteiger partial charge in [0.2, 0.25) is 0 Å². The van der Waals surface area contributed by atoms with Gasteiger partial charge in [-0.2, -0.15) is 0 Å². The maximum atomic E-state index is 6.11. The van der Waals surface area contributed by atoms with Gasteiger partial charge in [-0.15, -0.1) is 24.0 Å². The average Bonchev–Trinajstić information content (AvgIpc) is 3.04. The molecule has 0 saturated heterocycles. The van der Waals surface area contributed by atoms with Crippen LogP contribution in [0, 0.1) is 6.92 Å². The third kappa shape index (κ3) is 7.69. The molecule has 0 atom stereocenters. The molecule has 2 rings (SSSR count). The van der Waals surface area contributed by atoms with Gasteiger partial charge >= 0.3 is 0 Å². The summed E-state index contributed by atoms with van der Waals surface area (Å²) in [5, 5.41) is 10.7. The first-order chi connectivity index (χ1) is 12.7. The van der Waals surface area contributed by atoms with Gasteiger partial charge in [-0.25, -0.2) is 0 Å². The third-order valence-corrected chi connectivity index (χ3v) is 3.91. The molecule has 0 amide bonds. The molecule has 1 heterocycles. The van der Waals surface area contributed by atoms with Crippen LogP contribution in [0.2, 0.25) is 0 Å². The lowest BCUT2D eigenvalue weighted by Gasteiger charge is -2.24. The molecule has 0 bridgehead atoms. The first-order valence-corrected chi connectivity index (χ1v) is 9.36. The van der Waals surface area contributed by atoms with E-state index in [0.29, 0.717) is 25.0 Å². The van der Waals surface area contributed by atoms with Crippen LogP contribution in [-0.4, -0.2) is 23.8 Å². The molecular formula is C21H33IN4O2. The molecule has 1 aromatic carbocycles. The van der Waals surface area contributed by atoms with E-state index in [1.807, 2.05) is 6.07 Å². The van der Waals surface area contributed by atoms with Crippen molar-refractivity contribution in [3.8, 4) is 5.75 Å². The van der Waals surface area contributed by atoms with Crippen molar-refractivity contribution in [1.29, 1.82) is 0 Å². The van der Waals surface area contributed by atoms with Crippen molar-refractivity contribution in [2.24, 2.45) is 4.99 Å². The fourth-order valence-electron chi connectivity index (χ4n) is 2.49. The fourth-order valence-corrected chi connectivity index (χ4v) is 2.49. The number of aromatic nitrogens is 1. The number of benzene rings is 1. The molecule has 28 heavy (non-hydrogen) atoms. The summed E-state index contributed by atoms with van der Waals surface area (Å²) in [6.07, 6.45) is 0. The highest BCUT2D eigenvalue weighted by molar-refractivity contribution is 14.0. The van der Waals surface area contributed by atoms with Crippen molar-refractivity contribution in [2.45, 2.75) is 66.2 Å². The van der Waals surface area contributed by atoms with Gasteiger partial charge in [0, 0.05) is 25.2 Å². The molecule has 0 saturated carbocycles. The molecule has 0 spiro atoms. The summed E-state index contributed by atoms with van der Waals surface area (Å²) in [5.74, 6) is 2.72. The number of hydrogen-bond acceptors (Lipinski definition) is 4. The van der Waals surface area contributed by atoms with E-state index in [-0.39, 0.29) is 29.6 Å². The van der Waals surface area contributed by atoms with Crippen molar-refractivity contribution in [1.82, 2.24) is 15.8 Å². The van der Waals surface area contributed by atoms with Crippen LogP contribution in [0.25, 0.3) is 0 Å². The van der Waals surface area contributed by atoms with Crippen molar-refractivity contribution < 1.29 is 9.26 Å². The summed E-state index contributed by atoms with van der Waals surface area (Å²) in [5.41, 5.74) is 2.97. The van der Waals surface area contributed by atoms with Crippen molar-refractivity contribution >= 4 is 29.9 Å². The lowest BCUT2D eigenvalue weighted by molar-refractivity contribution is 0.129. The van der Waals surface area contributed by atoms with E-state index in [1.54, 1.807) is 7.05 Å². The van der Waals surface area contributed by atoms with Crippen LogP contribution in [0.4, 0.5) is 0 Å². The van der Waals surface area contributed by atoms with Crippen LogP contribution < -0.4 is 15.4 Å². The van der Waals surface area contributed by atoms with Gasteiger partial charge in [0.15, 0.2) is 11.7 Å². The Morgan fingerprint density at radius 1 is 1.18 bits per heavy atom. The normalized spacial score (nSPS) is 11.9. The zero-order chi connectivity index (χ0) is 20.0. The van der Waals surface area contributed by atoms with Crippen molar-refractivity contribution in [3.05, 3.63) is 46.8 Å². The van der Waals surface area contributed by atoms with Gasteiger partial charge in [-0.3, -0.25) is 4.99 Å². The number of ether oxygens (including phenoxy) is 1. The van der Waals surface area contributed by atoms with Crippen LogP contribution in [0.5, 0.6) is 5.75 Å². The van der Waals surface area contributed by atoms with E-state index in [0.717, 1.165) is 22.8 Å². The molecule has 6 nitrogen and oxygen atoms in total. The summed E-state index contributed by atoms with van der Waals surface area (Å²) in [4.78, 5) is 4.27. The Balaban J connectivity index is 0.00000392. The first kappa shape index (κ1) is 24.3. The van der Waals surface area contributed by atoms with E-state index in [9.17, 15) is 0 Å². The molecule has 0 aliphatic rings. The van der Waals surface area contributed by atoms with Crippen LogP contribution >= 0.6 is 24.0 Å². The first-order valence-electron chi connectivity index (χ1n) is 9.36. The number of aliphatic imine (C=N–C) groups is 1. The number of nitrogens with zero attached hydrogens (tertiary/aromatic N) is 2. The second-order valence-corrected chi connectivity index (χ2v) is 7.98. The SMILES string of the molecule is CN=C(NCc1cc(C(C)C)no1)NCc1ccc(C)cc1OC(C)(C)C.I. The van der Waals surface area contributed by atoms with E-state index in [1.165, 1.54) is 5.56 Å². The molecule has 0 unspecified atom stereocenters. The molecule has 1 aromatic heterocycles. The smallest absolute Gasteiger partial charge is 0.191 e. The number of halogens is 1. The molecule has 0 aliphatic carbocycles. The van der Waals surface area contributed by atoms with Gasteiger partial charge in [0.1, 0.15) is 11.4 Å². The largest absolute Gasteiger partial charge is 0.488 e. The molecule has 0 aliphatic heterocycles. The Labute approximate surface area is 185 Å². The van der Waals surface area contributed by atoms with E-state index < -0.39 is 0 Å². The standard InChI is InChI=1S/C21H32N4O2.HI/c1-14(2)18-11-17(27-25-18)13-24-20(22-7)23-12-16-9-8-15(3)10-19(16)26-21(4,5)6;/h8-11,14H,12-13H2,1-7H3,(H2,22,23,24);1H. The topological polar surface area (TPSA) is 71.7 Å². The lowest BCUT2D eigenvalue weighted by Crippen LogP contribution is -2.36. The van der Waals surface area contributed by atoms with Crippen LogP contribution in [-0.2, 0) is 13.1 Å². The Bertz CT molecular complexity index is 779. The number of hydrogen-bond donors (Lipinski definition) is 2. The minimum absolute atomic E-state index is 0. The quantitative estimate of drug-likeness (QED) is 0.340. The summed E-state index contributed by atoms with van der Waals surface area (Å²) in [6, 6.07) is 8.22. The lowest BCUT2D eigenvalue weighted by atomic mass is 10.1. The highest BCUT2D eigenvalue weighted by atomic mass is 127. The number of guanidine groups is 1. The molecule has 2 N–H and O–H groups in total. The minimum Gasteiger partial charge on any atom is -0.488 e. The Kier molecular flexibility index (Phi) is 9.26. The average molecular weight is 500 g/mol. The predicted molar refractivity (Wildman–Crippen MR) is 125 cm³/mol. The monoisotopic (exact) mass is 500 g/mol. The van der Waals surface area contributed by atoms with Crippen molar-refractivity contribution in [3.63, 3.8) is 0 Å². The Hall–Kier alpha value is -1.77. The number of nitrogens with one attached hydrogen (secondary N) is 2. The summed E-state index contributed by atoms with van der Waals surface area (Å²) < 4.78 is 11.5. The summed E-state index contributed by atoms with van der Waals surface area (Å²) in [7, 11) is 1.75. The van der Waals surface area contributed by atoms with Crippen LogP contribution in [0.3, 0.4) is 0 Å². The number of rotatable bonds is 6. The summed E-state index contributed by atoms with van der Waals surface area (Å²) >= 11 is 0. The third-order valence-electron chi connectivity index (χ3n) is 3.91. The zero-order valence-corrected chi connectivity index (χ0v) is 20.3. The molecule has 7 heteroatoms. The minimum atomic E-state index is -0.247. The van der Waals surface area contributed by atoms with E-state index >= 15 is 0 Å². The maximum Gasteiger partial charge on any atom is 0.191 e. The van der Waals surface area contributed by atoms with Gasteiger partial charge in [0.05, 0.1) is 12.2 Å². The Morgan fingerprint density at radius 2 is 1.86 bits per heavy atom. The predicted octanol–water partition coefficient (Wildman–Crippen LogP) is 4.77. The summed E-state index contributed by atoms with van der Waals surface area (Å²) in [6.45, 7) is 13.5. The molecule has 0 radical (unpaired) electrons. The second-order valence-electron chi connectivity index (χ2n) is 7.98. The van der Waals surface area contributed by atoms with E-state index in [2.05, 4.69) is 80.5 Å². The van der Waals surface area contributed by atoms with Gasteiger partial charge < -0.3 is 19.9 Å². The molecular weight excluding hydrogens is 467 g/mol. The zero-order valence-electron chi connectivity index (χ0n) is 17.9. The highest BCUT2D eigenvalue weighted by Crippen LogP contribution is 2.24. The van der Waals surface area contributed by atoms with Gasteiger partial charge in [0.25, 0.3) is 0 Å². The molecule has 156 valence electrons. The molecule has 2 aromatic rings. The van der Waals surface area contributed by atoms with Crippen LogP contribution in [0.15, 0.2) is 33.8 Å². The molecule has 0 fully saturated rings. The van der Waals surface area contributed by atoms with Crippen LogP contribution in [0.1, 0.15) is 63.1 Å². The Morgan fingerprint density at radius 3 is 2.43 bits per heavy atom. The van der Waals surface area contributed by atoms with Gasteiger partial charge in [-0.1, -0.05) is 31.1 Å². The second kappa shape index (κ2) is 10.7. The van der Waals surface area contributed by atoms with Gasteiger partial charge in [-0.05, 0) is 45.2 Å². The van der Waals surface area contributed by atoms with E-state index in [4.69, 9.17) is 9.26 Å².